The molecule has 1 aromatic carbocycles. The van der Waals surface area contributed by atoms with Crippen molar-refractivity contribution < 1.29 is 22.4 Å². The topological polar surface area (TPSA) is 29.4 Å². The summed E-state index contributed by atoms with van der Waals surface area (Å²) < 4.78 is 50.7. The minimum absolute atomic E-state index is 0.142. The van der Waals surface area contributed by atoms with Crippen LogP contribution in [0.2, 0.25) is 0 Å². The van der Waals surface area contributed by atoms with Crippen LogP contribution in [-0.2, 0) is 0 Å². The van der Waals surface area contributed by atoms with Crippen LogP contribution in [-0.4, -0.2) is 22.4 Å². The summed E-state index contributed by atoms with van der Waals surface area (Å²) in [4.78, 5) is 14.0. The zero-order valence-electron chi connectivity index (χ0n) is 8.51. The molecule has 0 spiro atoms. The van der Waals surface area contributed by atoms with Gasteiger partial charge in [0.25, 0.3) is 5.91 Å². The Hall–Kier alpha value is -1.14. The van der Waals surface area contributed by atoms with Crippen molar-refractivity contribution in [3.8, 4) is 0 Å². The van der Waals surface area contributed by atoms with Crippen molar-refractivity contribution in [2.75, 3.05) is 0 Å². The Kier molecular flexibility index (Phi) is 4.34. The van der Waals surface area contributed by atoms with Crippen molar-refractivity contribution in [2.45, 2.75) is 10.8 Å². The zero-order valence-corrected chi connectivity index (χ0v) is 10.0. The van der Waals surface area contributed by atoms with Crippen LogP contribution in [0.4, 0.5) is 17.6 Å². The highest BCUT2D eigenvalue weighted by atomic mass is 35.5. The van der Waals surface area contributed by atoms with Crippen molar-refractivity contribution in [3.63, 3.8) is 0 Å². The number of alkyl halides is 6. The van der Waals surface area contributed by atoms with Gasteiger partial charge in [0.05, 0.1) is 0 Å². The Morgan fingerprint density at radius 1 is 1.00 bits per heavy atom. The van der Waals surface area contributed by atoms with Crippen molar-refractivity contribution in [1.29, 1.82) is 0 Å². The molecule has 0 saturated heterocycles. The molecule has 98 valence electrons. The summed E-state index contributed by atoms with van der Waals surface area (Å²) in [5, 5.41) is -9.04. The van der Waals surface area contributed by atoms with E-state index >= 15 is 0 Å². The minimum atomic E-state index is -4.52. The van der Waals surface area contributed by atoms with Crippen LogP contribution < -0.4 is 0 Å². The summed E-state index contributed by atoms with van der Waals surface area (Å²) in [5.74, 6) is -1.29. The second kappa shape index (κ2) is 5.24. The molecule has 0 radical (unpaired) electrons. The van der Waals surface area contributed by atoms with Gasteiger partial charge in [-0.1, -0.05) is 18.2 Å². The third-order valence-electron chi connectivity index (χ3n) is 1.77. The van der Waals surface area contributed by atoms with Crippen LogP contribution in [0.3, 0.4) is 0 Å². The fourth-order valence-electron chi connectivity index (χ4n) is 1.03. The number of nitrogens with zero attached hydrogens (tertiary/aromatic N) is 1. The standard InChI is InChI=1S/C10H5Cl2F4NO/c11-9(13,14)8(10(12,15)16)17-7(18)6-4-2-1-3-5-6/h1-5H. The molecule has 0 aliphatic rings. The van der Waals surface area contributed by atoms with Crippen molar-refractivity contribution >= 4 is 34.8 Å². The Morgan fingerprint density at radius 2 is 1.44 bits per heavy atom. The Labute approximate surface area is 109 Å². The van der Waals surface area contributed by atoms with Gasteiger partial charge in [0.2, 0.25) is 0 Å². The number of halogens is 6. The molecule has 0 aliphatic carbocycles. The van der Waals surface area contributed by atoms with Gasteiger partial charge in [-0.15, -0.1) is 0 Å². The lowest BCUT2D eigenvalue weighted by Gasteiger charge is -2.15. The molecular formula is C10H5Cl2F4NO. The van der Waals surface area contributed by atoms with Crippen LogP contribution in [0.1, 0.15) is 10.4 Å². The molecule has 0 N–H and O–H groups in total. The number of hydrogen-bond donors (Lipinski definition) is 0. The fourth-order valence-corrected chi connectivity index (χ4v) is 1.40. The SMILES string of the molecule is O=C(N=C(C(F)(F)Cl)C(F)(F)Cl)c1ccccc1. The van der Waals surface area contributed by atoms with E-state index in [-0.39, 0.29) is 5.56 Å². The molecular weight excluding hydrogens is 297 g/mol. The maximum absolute atomic E-state index is 12.7. The monoisotopic (exact) mass is 301 g/mol. The second-order valence-corrected chi connectivity index (χ2v) is 4.08. The van der Waals surface area contributed by atoms with Gasteiger partial charge < -0.3 is 0 Å². The number of rotatable bonds is 3. The third-order valence-corrected chi connectivity index (χ3v) is 2.13. The van der Waals surface area contributed by atoms with E-state index in [1.807, 2.05) is 0 Å². The van der Waals surface area contributed by atoms with Crippen molar-refractivity contribution in [1.82, 2.24) is 0 Å². The minimum Gasteiger partial charge on any atom is -0.267 e. The van der Waals surface area contributed by atoms with Crippen molar-refractivity contribution in [2.24, 2.45) is 4.99 Å². The number of aliphatic imine (C=N–C) groups is 1. The van der Waals surface area contributed by atoms with Crippen LogP contribution in [0.25, 0.3) is 0 Å². The number of amides is 1. The van der Waals surface area contributed by atoms with Crippen LogP contribution in [0, 0.1) is 0 Å². The lowest BCUT2D eigenvalue weighted by Crippen LogP contribution is -2.36. The molecule has 18 heavy (non-hydrogen) atoms. The number of benzene rings is 1. The molecule has 0 atom stereocenters. The van der Waals surface area contributed by atoms with Gasteiger partial charge in [-0.2, -0.15) is 17.6 Å². The molecule has 1 aromatic rings. The molecule has 1 rings (SSSR count). The maximum Gasteiger partial charge on any atom is 0.368 e. The van der Waals surface area contributed by atoms with Crippen LogP contribution in [0.5, 0.6) is 0 Å². The van der Waals surface area contributed by atoms with E-state index in [0.29, 0.717) is 0 Å². The molecule has 0 bridgehead atoms. The van der Waals surface area contributed by atoms with Gasteiger partial charge in [-0.05, 0) is 35.3 Å². The van der Waals surface area contributed by atoms with E-state index < -0.39 is 22.4 Å². The van der Waals surface area contributed by atoms with E-state index in [1.165, 1.54) is 24.3 Å². The van der Waals surface area contributed by atoms with Gasteiger partial charge in [0, 0.05) is 5.56 Å². The second-order valence-electron chi connectivity index (χ2n) is 3.13. The maximum atomic E-state index is 12.7. The summed E-state index contributed by atoms with van der Waals surface area (Å²) in [6.07, 6.45) is 0. The first-order valence-corrected chi connectivity index (χ1v) is 5.20. The first-order chi connectivity index (χ1) is 8.12. The Bertz CT molecular complexity index is 449. The Balaban J connectivity index is 3.16. The van der Waals surface area contributed by atoms with Gasteiger partial charge >= 0.3 is 10.8 Å². The largest absolute Gasteiger partial charge is 0.368 e. The summed E-state index contributed by atoms with van der Waals surface area (Å²) in [6.45, 7) is 0. The predicted molar refractivity (Wildman–Crippen MR) is 59.8 cm³/mol. The van der Waals surface area contributed by atoms with Crippen LogP contribution >= 0.6 is 23.2 Å². The lowest BCUT2D eigenvalue weighted by molar-refractivity contribution is 0.0958. The average Bonchev–Trinajstić information content (AvgIpc) is 2.23. The van der Waals surface area contributed by atoms with Crippen LogP contribution in [0.15, 0.2) is 35.3 Å². The Morgan fingerprint density at radius 3 is 1.83 bits per heavy atom. The lowest BCUT2D eigenvalue weighted by atomic mass is 10.2. The summed E-state index contributed by atoms with van der Waals surface area (Å²) >= 11 is 8.87. The van der Waals surface area contributed by atoms with E-state index in [2.05, 4.69) is 28.2 Å². The molecule has 0 unspecified atom stereocenters. The van der Waals surface area contributed by atoms with Crippen molar-refractivity contribution in [3.05, 3.63) is 35.9 Å². The molecule has 0 aromatic heterocycles. The number of carbonyl (C=O) groups excluding carboxylic acids is 1. The quantitative estimate of drug-likeness (QED) is 0.472. The number of hydrogen-bond acceptors (Lipinski definition) is 1. The molecule has 0 heterocycles. The highest BCUT2D eigenvalue weighted by Gasteiger charge is 2.49. The van der Waals surface area contributed by atoms with Gasteiger partial charge in [0.1, 0.15) is 0 Å². The smallest absolute Gasteiger partial charge is 0.267 e. The average molecular weight is 302 g/mol. The van der Waals surface area contributed by atoms with E-state index in [0.717, 1.165) is 0 Å². The molecule has 2 nitrogen and oxygen atoms in total. The molecule has 8 heteroatoms. The summed E-state index contributed by atoms with van der Waals surface area (Å²) in [7, 11) is 0. The summed E-state index contributed by atoms with van der Waals surface area (Å²) in [6, 6.07) is 6.83. The normalized spacial score (nSPS) is 12.1. The van der Waals surface area contributed by atoms with E-state index in [9.17, 15) is 22.4 Å². The van der Waals surface area contributed by atoms with Gasteiger partial charge in [0.15, 0.2) is 5.71 Å². The first-order valence-electron chi connectivity index (χ1n) is 4.45. The highest BCUT2D eigenvalue weighted by molar-refractivity contribution is 6.44. The summed E-state index contributed by atoms with van der Waals surface area (Å²) in [5.41, 5.74) is -2.34. The molecule has 0 aliphatic heterocycles. The predicted octanol–water partition coefficient (Wildman–Crippen LogP) is 3.93. The molecule has 0 saturated carbocycles. The molecule has 0 fully saturated rings. The third kappa shape index (κ3) is 3.96. The zero-order chi connectivity index (χ0) is 14.0. The fraction of sp³-hybridized carbons (Fsp3) is 0.200. The number of carbonyl (C=O) groups is 1. The first kappa shape index (κ1) is 14.9. The highest BCUT2D eigenvalue weighted by Crippen LogP contribution is 2.34. The van der Waals surface area contributed by atoms with Gasteiger partial charge in [-0.3, -0.25) is 4.79 Å². The van der Waals surface area contributed by atoms with E-state index in [1.54, 1.807) is 6.07 Å². The van der Waals surface area contributed by atoms with Gasteiger partial charge in [-0.25, -0.2) is 4.99 Å². The van der Waals surface area contributed by atoms with E-state index in [4.69, 9.17) is 0 Å². The molecule has 1 amide bonds.